The second-order valence-electron chi connectivity index (χ2n) is 10.8. The van der Waals surface area contributed by atoms with Crippen LogP contribution in [0.1, 0.15) is 55.5 Å². The Morgan fingerprint density at radius 3 is 2.64 bits per heavy atom. The number of hydrogen-bond donors (Lipinski definition) is 1. The zero-order chi connectivity index (χ0) is 24.6. The average Bonchev–Trinajstić information content (AvgIpc) is 3.21. The second kappa shape index (κ2) is 7.53. The summed E-state index contributed by atoms with van der Waals surface area (Å²) < 4.78 is 5.66. The highest BCUT2D eigenvalue weighted by molar-refractivity contribution is 5.98. The van der Waals surface area contributed by atoms with E-state index in [1.54, 1.807) is 11.0 Å². The first-order valence-electron chi connectivity index (χ1n) is 12.7. The molecule has 0 amide bonds. The van der Waals surface area contributed by atoms with Gasteiger partial charge < -0.3 is 9.55 Å². The van der Waals surface area contributed by atoms with Crippen molar-refractivity contribution >= 4 is 10.9 Å². The molecule has 2 aliphatic rings. The van der Waals surface area contributed by atoms with E-state index in [1.165, 1.54) is 11.1 Å². The molecule has 8 heteroatoms. The Labute approximate surface area is 208 Å². The molecular weight excluding hydrogens is 450 g/mol. The van der Waals surface area contributed by atoms with E-state index in [2.05, 4.69) is 51.6 Å². The first-order chi connectivity index (χ1) is 17.4. The molecule has 0 spiro atoms. The predicted octanol–water partition coefficient (Wildman–Crippen LogP) is 4.44. The number of aryl methyl sites for hydroxylation is 2. The van der Waals surface area contributed by atoms with Crippen LogP contribution in [-0.4, -0.2) is 34.1 Å². The van der Waals surface area contributed by atoms with Crippen molar-refractivity contribution in [3.8, 4) is 16.8 Å². The van der Waals surface area contributed by atoms with Crippen molar-refractivity contribution in [2.24, 2.45) is 20.0 Å². The van der Waals surface area contributed by atoms with Gasteiger partial charge in [0.25, 0.3) is 5.56 Å². The molecule has 36 heavy (non-hydrogen) atoms. The molecule has 2 aliphatic carbocycles. The van der Waals surface area contributed by atoms with Gasteiger partial charge in [-0.05, 0) is 60.8 Å². The minimum Gasteiger partial charge on any atom is -0.356 e. The van der Waals surface area contributed by atoms with E-state index in [0.717, 1.165) is 53.7 Å². The highest BCUT2D eigenvalue weighted by Crippen LogP contribution is 2.51. The van der Waals surface area contributed by atoms with E-state index in [1.807, 2.05) is 47.9 Å². The third-order valence-electron chi connectivity index (χ3n) is 8.11. The maximum absolute atomic E-state index is 13.8. The quantitative estimate of drug-likeness (QED) is 0.404. The molecule has 2 saturated carbocycles. The molecule has 7 rings (SSSR count). The molecule has 1 aromatic carbocycles. The maximum Gasteiger partial charge on any atom is 0.279 e. The Kier molecular flexibility index (Phi) is 4.46. The standard InChI is InChI=1S/C28H29N7O/c1-17-10-28(11-17,27-32-30-16-33(27)2)20-5-4-6-21(9-20)35-15-23(18-7-8-18)24-22(13-29-25(24)26(35)36)19-12-31-34(3)14-19/h4-6,9,12-18,29H,7-8,10-11H2,1-3H3/t17-,28+. The molecular formula is C28H29N7O. The molecule has 182 valence electrons. The van der Waals surface area contributed by atoms with Crippen molar-refractivity contribution in [2.75, 3.05) is 0 Å². The molecule has 0 aliphatic heterocycles. The van der Waals surface area contributed by atoms with Crippen molar-refractivity contribution < 1.29 is 0 Å². The van der Waals surface area contributed by atoms with Crippen molar-refractivity contribution in [2.45, 2.75) is 43.9 Å². The third-order valence-corrected chi connectivity index (χ3v) is 8.11. The van der Waals surface area contributed by atoms with Gasteiger partial charge in [-0.3, -0.25) is 14.0 Å². The first-order valence-corrected chi connectivity index (χ1v) is 12.7. The van der Waals surface area contributed by atoms with Crippen LogP contribution in [0.15, 0.2) is 60.2 Å². The molecule has 0 unspecified atom stereocenters. The molecule has 5 aromatic rings. The minimum atomic E-state index is -0.173. The summed E-state index contributed by atoms with van der Waals surface area (Å²) in [5, 5.41) is 14.0. The number of hydrogen-bond acceptors (Lipinski definition) is 4. The van der Waals surface area contributed by atoms with Gasteiger partial charge in [0.05, 0.1) is 11.6 Å². The predicted molar refractivity (Wildman–Crippen MR) is 138 cm³/mol. The van der Waals surface area contributed by atoms with E-state index in [-0.39, 0.29) is 11.0 Å². The topological polar surface area (TPSA) is 86.3 Å². The Morgan fingerprint density at radius 2 is 1.97 bits per heavy atom. The van der Waals surface area contributed by atoms with E-state index in [0.29, 0.717) is 17.4 Å². The molecule has 2 fully saturated rings. The van der Waals surface area contributed by atoms with Crippen LogP contribution in [0.3, 0.4) is 0 Å². The molecule has 0 bridgehead atoms. The lowest BCUT2D eigenvalue weighted by atomic mass is 9.58. The van der Waals surface area contributed by atoms with Crippen LogP contribution in [-0.2, 0) is 19.5 Å². The van der Waals surface area contributed by atoms with Gasteiger partial charge in [-0.1, -0.05) is 19.1 Å². The smallest absolute Gasteiger partial charge is 0.279 e. The van der Waals surface area contributed by atoms with E-state index in [9.17, 15) is 4.79 Å². The number of nitrogens with one attached hydrogen (secondary N) is 1. The van der Waals surface area contributed by atoms with Gasteiger partial charge >= 0.3 is 0 Å². The number of aromatic nitrogens is 7. The Hall–Kier alpha value is -3.94. The monoisotopic (exact) mass is 479 g/mol. The molecule has 0 saturated heterocycles. The highest BCUT2D eigenvalue weighted by Gasteiger charge is 2.48. The van der Waals surface area contributed by atoms with E-state index >= 15 is 0 Å². The zero-order valence-electron chi connectivity index (χ0n) is 20.8. The fourth-order valence-electron chi connectivity index (χ4n) is 6.31. The van der Waals surface area contributed by atoms with Crippen LogP contribution < -0.4 is 5.56 Å². The molecule has 4 aromatic heterocycles. The van der Waals surface area contributed by atoms with Gasteiger partial charge in [0.15, 0.2) is 0 Å². The SMILES string of the molecule is Cn1cc(-c2c[nH]c3c(=O)n(-c4cccc([C@]5(c6nncn6C)C[C@@H](C)C5)c4)cc(C4CC4)c23)cn1. The van der Waals surface area contributed by atoms with Crippen LogP contribution in [0, 0.1) is 5.92 Å². The summed E-state index contributed by atoms with van der Waals surface area (Å²) in [7, 11) is 3.92. The summed E-state index contributed by atoms with van der Waals surface area (Å²) in [4.78, 5) is 17.1. The summed E-state index contributed by atoms with van der Waals surface area (Å²) in [6, 6.07) is 8.44. The summed E-state index contributed by atoms with van der Waals surface area (Å²) in [6.07, 6.45) is 14.0. The molecule has 4 heterocycles. The van der Waals surface area contributed by atoms with Crippen LogP contribution in [0.5, 0.6) is 0 Å². The Balaban J connectivity index is 1.40. The van der Waals surface area contributed by atoms with Gasteiger partial charge in [-0.2, -0.15) is 5.10 Å². The normalized spacial score (nSPS) is 21.7. The lowest BCUT2D eigenvalue weighted by Gasteiger charge is -2.46. The van der Waals surface area contributed by atoms with Crippen LogP contribution in [0.4, 0.5) is 0 Å². The van der Waals surface area contributed by atoms with E-state index < -0.39 is 0 Å². The van der Waals surface area contributed by atoms with Crippen molar-refractivity contribution in [1.29, 1.82) is 0 Å². The largest absolute Gasteiger partial charge is 0.356 e. The molecule has 0 radical (unpaired) electrons. The minimum absolute atomic E-state index is 0.0311. The van der Waals surface area contributed by atoms with Crippen molar-refractivity contribution in [1.82, 2.24) is 34.1 Å². The average molecular weight is 480 g/mol. The number of aromatic amines is 1. The van der Waals surface area contributed by atoms with Crippen LogP contribution in [0.25, 0.3) is 27.7 Å². The lowest BCUT2D eigenvalue weighted by molar-refractivity contribution is 0.185. The third kappa shape index (κ3) is 3.06. The number of H-pyrrole nitrogens is 1. The number of pyridine rings is 1. The first kappa shape index (κ1) is 21.4. The maximum atomic E-state index is 13.8. The second-order valence-corrected chi connectivity index (χ2v) is 10.8. The molecule has 1 N–H and O–H groups in total. The highest BCUT2D eigenvalue weighted by atomic mass is 16.1. The number of rotatable bonds is 5. The molecule has 0 atom stereocenters. The van der Waals surface area contributed by atoms with E-state index in [4.69, 9.17) is 0 Å². The Bertz CT molecular complexity index is 1670. The fraction of sp³-hybridized carbons (Fsp3) is 0.357. The van der Waals surface area contributed by atoms with Gasteiger partial charge in [-0.15, -0.1) is 10.2 Å². The lowest BCUT2D eigenvalue weighted by Crippen LogP contribution is -2.43. The summed E-state index contributed by atoms with van der Waals surface area (Å²) >= 11 is 0. The molecule has 8 nitrogen and oxygen atoms in total. The number of benzene rings is 1. The number of fused-ring (bicyclic) bond motifs is 1. The fourth-order valence-corrected chi connectivity index (χ4v) is 6.31. The summed E-state index contributed by atoms with van der Waals surface area (Å²) in [6.45, 7) is 2.28. The van der Waals surface area contributed by atoms with Crippen molar-refractivity contribution in [3.63, 3.8) is 0 Å². The van der Waals surface area contributed by atoms with Gasteiger partial charge in [0, 0.05) is 54.9 Å². The zero-order valence-corrected chi connectivity index (χ0v) is 20.8. The Morgan fingerprint density at radius 1 is 1.14 bits per heavy atom. The van der Waals surface area contributed by atoms with Crippen molar-refractivity contribution in [3.05, 3.63) is 82.7 Å². The summed E-state index contributed by atoms with van der Waals surface area (Å²) in [5.74, 6) is 2.09. The van der Waals surface area contributed by atoms with Crippen LogP contribution in [0.2, 0.25) is 0 Å². The van der Waals surface area contributed by atoms with Gasteiger partial charge in [0.2, 0.25) is 0 Å². The van der Waals surface area contributed by atoms with Crippen LogP contribution >= 0.6 is 0 Å². The van der Waals surface area contributed by atoms with Gasteiger partial charge in [0.1, 0.15) is 17.7 Å². The number of nitrogens with zero attached hydrogens (tertiary/aromatic N) is 6. The summed E-state index contributed by atoms with van der Waals surface area (Å²) in [5.41, 5.74) is 5.83. The van der Waals surface area contributed by atoms with Gasteiger partial charge in [-0.25, -0.2) is 0 Å².